The van der Waals surface area contributed by atoms with Gasteiger partial charge in [0, 0.05) is 12.1 Å². The number of methoxy groups -OCH3 is 3. The lowest BCUT2D eigenvalue weighted by Gasteiger charge is -2.20. The van der Waals surface area contributed by atoms with E-state index >= 15 is 0 Å². The summed E-state index contributed by atoms with van der Waals surface area (Å²) in [6, 6.07) is 8.96. The fourth-order valence-electron chi connectivity index (χ4n) is 3.29. The predicted molar refractivity (Wildman–Crippen MR) is 115 cm³/mol. The van der Waals surface area contributed by atoms with Crippen molar-refractivity contribution in [1.82, 2.24) is 9.55 Å². The Morgan fingerprint density at radius 1 is 1.10 bits per heavy atom. The van der Waals surface area contributed by atoms with E-state index in [4.69, 9.17) is 14.2 Å². The zero-order chi connectivity index (χ0) is 22.5. The molecule has 1 amide bonds. The zero-order valence-corrected chi connectivity index (χ0v) is 17.7. The second-order valence-corrected chi connectivity index (χ2v) is 6.63. The first-order valence-electron chi connectivity index (χ1n) is 9.56. The number of aromatic nitrogens is 2. The van der Waals surface area contributed by atoms with Crippen molar-refractivity contribution in [1.29, 1.82) is 0 Å². The summed E-state index contributed by atoms with van der Waals surface area (Å²) in [7, 11) is 4.11. The molecule has 1 N–H and O–H groups in total. The van der Waals surface area contributed by atoms with Gasteiger partial charge in [0.25, 0.3) is 5.56 Å². The number of carbonyl (C=O) groups is 2. The number of hydrogen-bond donors (Lipinski definition) is 1. The van der Waals surface area contributed by atoms with Crippen molar-refractivity contribution >= 4 is 28.5 Å². The molecular formula is C22H23N3O6. The Kier molecular flexibility index (Phi) is 6.54. The summed E-state index contributed by atoms with van der Waals surface area (Å²) in [5.74, 6) is -0.515. The molecule has 0 unspecified atom stereocenters. The van der Waals surface area contributed by atoms with Gasteiger partial charge in [0.1, 0.15) is 6.04 Å². The summed E-state index contributed by atoms with van der Waals surface area (Å²) in [6.07, 6.45) is 1.68. The van der Waals surface area contributed by atoms with Crippen LogP contribution >= 0.6 is 0 Å². The molecule has 1 atom stereocenters. The van der Waals surface area contributed by atoms with Crippen LogP contribution in [0.15, 0.2) is 47.5 Å². The molecule has 0 radical (unpaired) electrons. The third-order valence-corrected chi connectivity index (χ3v) is 4.90. The van der Waals surface area contributed by atoms with Gasteiger partial charge in [-0.15, -0.1) is 0 Å². The van der Waals surface area contributed by atoms with Gasteiger partial charge in [0.2, 0.25) is 5.91 Å². The van der Waals surface area contributed by atoms with Crippen LogP contribution in [-0.4, -0.2) is 42.8 Å². The van der Waals surface area contributed by atoms with Gasteiger partial charge in [0.05, 0.1) is 49.8 Å². The quantitative estimate of drug-likeness (QED) is 0.580. The molecule has 162 valence electrons. The maximum absolute atomic E-state index is 13.1. The first-order valence-corrected chi connectivity index (χ1v) is 9.56. The molecular weight excluding hydrogens is 402 g/mol. The molecule has 31 heavy (non-hydrogen) atoms. The number of ether oxygens (including phenoxy) is 3. The number of rotatable bonds is 7. The van der Waals surface area contributed by atoms with Crippen LogP contribution in [0.1, 0.15) is 29.7 Å². The van der Waals surface area contributed by atoms with Crippen LogP contribution in [0.4, 0.5) is 5.69 Å². The van der Waals surface area contributed by atoms with Gasteiger partial charge in [-0.25, -0.2) is 9.78 Å². The molecule has 1 aromatic heterocycles. The summed E-state index contributed by atoms with van der Waals surface area (Å²) < 4.78 is 16.6. The topological polar surface area (TPSA) is 109 Å². The lowest BCUT2D eigenvalue weighted by Crippen LogP contribution is -2.33. The minimum absolute atomic E-state index is 0.0901. The first-order chi connectivity index (χ1) is 14.9. The number of para-hydroxylation sites is 1. The second-order valence-electron chi connectivity index (χ2n) is 6.63. The molecule has 0 fully saturated rings. The largest absolute Gasteiger partial charge is 0.493 e. The van der Waals surface area contributed by atoms with Crippen LogP contribution in [0.25, 0.3) is 10.9 Å². The molecule has 9 heteroatoms. The smallest absolute Gasteiger partial charge is 0.340 e. The van der Waals surface area contributed by atoms with Crippen LogP contribution in [0, 0.1) is 0 Å². The molecule has 3 rings (SSSR count). The Labute approximate surface area is 178 Å². The maximum Gasteiger partial charge on any atom is 0.340 e. The molecule has 2 aromatic carbocycles. The molecule has 0 saturated carbocycles. The monoisotopic (exact) mass is 425 g/mol. The van der Waals surface area contributed by atoms with Gasteiger partial charge >= 0.3 is 5.97 Å². The third-order valence-electron chi connectivity index (χ3n) is 4.90. The third kappa shape index (κ3) is 4.20. The van der Waals surface area contributed by atoms with E-state index in [0.29, 0.717) is 28.8 Å². The zero-order valence-electron chi connectivity index (χ0n) is 17.7. The Hall–Kier alpha value is -3.88. The van der Waals surface area contributed by atoms with Crippen molar-refractivity contribution < 1.29 is 23.8 Å². The molecule has 0 aliphatic heterocycles. The number of fused-ring (bicyclic) bond motifs is 1. The molecule has 3 aromatic rings. The average molecular weight is 425 g/mol. The lowest BCUT2D eigenvalue weighted by atomic mass is 10.1. The molecule has 1 heterocycles. The Morgan fingerprint density at radius 2 is 1.77 bits per heavy atom. The Morgan fingerprint density at radius 3 is 2.42 bits per heavy atom. The summed E-state index contributed by atoms with van der Waals surface area (Å²) >= 11 is 0. The van der Waals surface area contributed by atoms with E-state index in [1.165, 1.54) is 44.4 Å². The normalized spacial score (nSPS) is 11.6. The van der Waals surface area contributed by atoms with Gasteiger partial charge in [-0.3, -0.25) is 14.2 Å². The highest BCUT2D eigenvalue weighted by Crippen LogP contribution is 2.34. The number of amides is 1. The van der Waals surface area contributed by atoms with Crippen LogP contribution in [0.3, 0.4) is 0 Å². The van der Waals surface area contributed by atoms with E-state index in [9.17, 15) is 14.4 Å². The summed E-state index contributed by atoms with van der Waals surface area (Å²) in [6.45, 7) is 1.78. The van der Waals surface area contributed by atoms with Crippen molar-refractivity contribution in [2.75, 3.05) is 26.6 Å². The lowest BCUT2D eigenvalue weighted by molar-refractivity contribution is -0.119. The van der Waals surface area contributed by atoms with Crippen molar-refractivity contribution in [3.8, 4) is 11.5 Å². The molecule has 9 nitrogen and oxygen atoms in total. The van der Waals surface area contributed by atoms with Gasteiger partial charge in [-0.05, 0) is 18.6 Å². The molecule has 0 aliphatic rings. The van der Waals surface area contributed by atoms with E-state index in [-0.39, 0.29) is 16.8 Å². The van der Waals surface area contributed by atoms with Crippen LogP contribution in [-0.2, 0) is 9.53 Å². The minimum atomic E-state index is -0.844. The van der Waals surface area contributed by atoms with Crippen LogP contribution in [0.5, 0.6) is 11.5 Å². The molecule has 0 saturated heterocycles. The number of carbonyl (C=O) groups excluding carboxylic acids is 2. The fraction of sp³-hybridized carbons (Fsp3) is 0.273. The van der Waals surface area contributed by atoms with Crippen LogP contribution in [0.2, 0.25) is 0 Å². The van der Waals surface area contributed by atoms with E-state index in [1.807, 2.05) is 0 Å². The van der Waals surface area contributed by atoms with E-state index in [1.54, 1.807) is 31.2 Å². The highest BCUT2D eigenvalue weighted by atomic mass is 16.5. The van der Waals surface area contributed by atoms with Crippen molar-refractivity contribution in [3.05, 3.63) is 58.6 Å². The number of benzene rings is 2. The van der Waals surface area contributed by atoms with E-state index in [0.717, 1.165) is 0 Å². The highest BCUT2D eigenvalue weighted by Gasteiger charge is 2.24. The predicted octanol–water partition coefficient (Wildman–Crippen LogP) is 2.79. The van der Waals surface area contributed by atoms with Crippen molar-refractivity contribution in [3.63, 3.8) is 0 Å². The van der Waals surface area contributed by atoms with Gasteiger partial charge in [-0.1, -0.05) is 19.1 Å². The number of nitrogens with zero attached hydrogens (tertiary/aromatic N) is 2. The molecule has 0 aliphatic carbocycles. The molecule has 0 spiro atoms. The van der Waals surface area contributed by atoms with Crippen LogP contribution < -0.4 is 20.3 Å². The number of nitrogens with one attached hydrogen (secondary N) is 1. The maximum atomic E-state index is 13.1. The van der Waals surface area contributed by atoms with E-state index < -0.39 is 17.9 Å². The summed E-state index contributed by atoms with van der Waals surface area (Å²) in [4.78, 5) is 42.6. The van der Waals surface area contributed by atoms with Crippen molar-refractivity contribution in [2.45, 2.75) is 19.4 Å². The first kappa shape index (κ1) is 21.8. The SMILES string of the molecule is CC[C@H](C(=O)Nc1cc(OC)c(OC)cc1C(=O)OC)n1cnc2ccccc2c1=O. The van der Waals surface area contributed by atoms with Gasteiger partial charge < -0.3 is 19.5 Å². The number of hydrogen-bond acceptors (Lipinski definition) is 7. The van der Waals surface area contributed by atoms with Gasteiger partial charge in [-0.2, -0.15) is 0 Å². The van der Waals surface area contributed by atoms with Crippen molar-refractivity contribution in [2.24, 2.45) is 0 Å². The number of esters is 1. The average Bonchev–Trinajstić information content (AvgIpc) is 2.80. The highest BCUT2D eigenvalue weighted by molar-refractivity contribution is 6.03. The second kappa shape index (κ2) is 9.29. The molecule has 0 bridgehead atoms. The minimum Gasteiger partial charge on any atom is -0.493 e. The standard InChI is InChI=1S/C22H23N3O6/c1-5-17(25-12-23-15-9-7-6-8-13(15)21(25)27)20(26)24-16-11-19(30-3)18(29-2)10-14(16)22(28)31-4/h6-12,17H,5H2,1-4H3,(H,24,26)/t17-/m1/s1. The fourth-order valence-corrected chi connectivity index (χ4v) is 3.29. The Bertz CT molecular complexity index is 1190. The van der Waals surface area contributed by atoms with Gasteiger partial charge in [0.15, 0.2) is 11.5 Å². The number of anilines is 1. The Balaban J connectivity index is 2.02. The van der Waals surface area contributed by atoms with E-state index in [2.05, 4.69) is 10.3 Å². The summed E-state index contributed by atoms with van der Waals surface area (Å²) in [5.41, 5.74) is 0.488. The summed E-state index contributed by atoms with van der Waals surface area (Å²) in [5, 5.41) is 3.13.